The number of aromatic nitrogens is 1. The molecule has 3 rings (SSSR count). The molecule has 0 aliphatic carbocycles. The number of H-pyrrole nitrogens is 1. The fraction of sp³-hybridized carbons (Fsp3) is 0.318. The molecular formula is C22H24FNO2. The van der Waals surface area contributed by atoms with Gasteiger partial charge in [-0.1, -0.05) is 39.0 Å². The van der Waals surface area contributed by atoms with Gasteiger partial charge < -0.3 is 9.72 Å². The van der Waals surface area contributed by atoms with Crippen molar-refractivity contribution in [2.75, 3.05) is 7.11 Å². The van der Waals surface area contributed by atoms with Crippen molar-refractivity contribution in [2.45, 2.75) is 39.7 Å². The third-order valence-electron chi connectivity index (χ3n) is 4.71. The minimum absolute atomic E-state index is 0.0486. The molecule has 26 heavy (non-hydrogen) atoms. The lowest BCUT2D eigenvalue weighted by Gasteiger charge is -2.21. The summed E-state index contributed by atoms with van der Waals surface area (Å²) in [6.45, 7) is 8.71. The van der Waals surface area contributed by atoms with Crippen LogP contribution >= 0.6 is 0 Å². The summed E-state index contributed by atoms with van der Waals surface area (Å²) in [4.78, 5) is 16.3. The summed E-state index contributed by atoms with van der Waals surface area (Å²) in [6.07, 6.45) is 0. The second-order valence-corrected chi connectivity index (χ2v) is 7.71. The number of halogens is 1. The Hall–Kier alpha value is -2.46. The SMILES string of the molecule is COCc1c(-c2ccc(C(C)(C)C)cc2C)[nH]c2ccc(F)cc2c1=O. The molecule has 0 aliphatic heterocycles. The van der Waals surface area contributed by atoms with E-state index in [1.54, 1.807) is 13.2 Å². The fourth-order valence-electron chi connectivity index (χ4n) is 3.22. The first-order chi connectivity index (χ1) is 12.2. The van der Waals surface area contributed by atoms with E-state index in [9.17, 15) is 9.18 Å². The van der Waals surface area contributed by atoms with Gasteiger partial charge in [0.2, 0.25) is 0 Å². The molecule has 0 bridgehead atoms. The first-order valence-electron chi connectivity index (χ1n) is 8.67. The number of fused-ring (bicyclic) bond motifs is 1. The summed E-state index contributed by atoms with van der Waals surface area (Å²) < 4.78 is 18.8. The summed E-state index contributed by atoms with van der Waals surface area (Å²) >= 11 is 0. The molecular weight excluding hydrogens is 329 g/mol. The number of hydrogen-bond donors (Lipinski definition) is 1. The van der Waals surface area contributed by atoms with Crippen LogP contribution in [0.25, 0.3) is 22.2 Å². The average Bonchev–Trinajstić information content (AvgIpc) is 2.57. The second-order valence-electron chi connectivity index (χ2n) is 7.71. The van der Waals surface area contributed by atoms with Gasteiger partial charge in [-0.3, -0.25) is 4.79 Å². The Bertz CT molecular complexity index is 1030. The zero-order chi connectivity index (χ0) is 19.1. The van der Waals surface area contributed by atoms with Crippen molar-refractivity contribution in [3.8, 4) is 11.3 Å². The summed E-state index contributed by atoms with van der Waals surface area (Å²) in [5.74, 6) is -0.426. The van der Waals surface area contributed by atoms with E-state index in [0.29, 0.717) is 16.5 Å². The van der Waals surface area contributed by atoms with Crippen LogP contribution in [0.3, 0.4) is 0 Å². The lowest BCUT2D eigenvalue weighted by Crippen LogP contribution is -2.15. The van der Waals surface area contributed by atoms with Gasteiger partial charge >= 0.3 is 0 Å². The van der Waals surface area contributed by atoms with Gasteiger partial charge in [0.25, 0.3) is 0 Å². The van der Waals surface area contributed by atoms with Crippen molar-refractivity contribution in [1.29, 1.82) is 0 Å². The maximum absolute atomic E-state index is 13.6. The highest BCUT2D eigenvalue weighted by Crippen LogP contribution is 2.30. The highest BCUT2D eigenvalue weighted by molar-refractivity contribution is 5.83. The van der Waals surface area contributed by atoms with Crippen molar-refractivity contribution in [1.82, 2.24) is 4.98 Å². The molecule has 0 aliphatic rings. The first-order valence-corrected chi connectivity index (χ1v) is 8.67. The summed E-state index contributed by atoms with van der Waals surface area (Å²) in [6, 6.07) is 10.5. The Labute approximate surface area is 152 Å². The number of hydrogen-bond acceptors (Lipinski definition) is 2. The van der Waals surface area contributed by atoms with E-state index in [1.807, 2.05) is 13.0 Å². The maximum atomic E-state index is 13.6. The minimum Gasteiger partial charge on any atom is -0.380 e. The van der Waals surface area contributed by atoms with E-state index in [-0.39, 0.29) is 17.5 Å². The topological polar surface area (TPSA) is 42.1 Å². The molecule has 3 aromatic rings. The van der Waals surface area contributed by atoms with E-state index in [1.165, 1.54) is 17.7 Å². The smallest absolute Gasteiger partial charge is 0.195 e. The van der Waals surface area contributed by atoms with Crippen LogP contribution in [0.4, 0.5) is 4.39 Å². The van der Waals surface area contributed by atoms with Gasteiger partial charge in [0, 0.05) is 29.1 Å². The van der Waals surface area contributed by atoms with Crippen LogP contribution in [0.1, 0.15) is 37.5 Å². The van der Waals surface area contributed by atoms with Crippen molar-refractivity contribution >= 4 is 10.9 Å². The molecule has 0 fully saturated rings. The molecule has 0 unspecified atom stereocenters. The molecule has 3 nitrogen and oxygen atoms in total. The van der Waals surface area contributed by atoms with Gasteiger partial charge in [0.15, 0.2) is 5.43 Å². The molecule has 4 heteroatoms. The zero-order valence-corrected chi connectivity index (χ0v) is 15.9. The molecule has 136 valence electrons. The van der Waals surface area contributed by atoms with Gasteiger partial charge in [-0.05, 0) is 41.7 Å². The van der Waals surface area contributed by atoms with Crippen LogP contribution in [0.5, 0.6) is 0 Å². The van der Waals surface area contributed by atoms with E-state index in [0.717, 1.165) is 16.8 Å². The Morgan fingerprint density at radius 3 is 2.46 bits per heavy atom. The highest BCUT2D eigenvalue weighted by atomic mass is 19.1. The van der Waals surface area contributed by atoms with Crippen LogP contribution in [0.15, 0.2) is 41.2 Å². The van der Waals surface area contributed by atoms with Crippen molar-refractivity contribution in [3.05, 3.63) is 69.1 Å². The van der Waals surface area contributed by atoms with E-state index >= 15 is 0 Å². The van der Waals surface area contributed by atoms with Crippen LogP contribution in [-0.2, 0) is 16.8 Å². The lowest BCUT2D eigenvalue weighted by atomic mass is 9.84. The van der Waals surface area contributed by atoms with Gasteiger partial charge in [-0.25, -0.2) is 4.39 Å². The zero-order valence-electron chi connectivity index (χ0n) is 15.9. The molecule has 1 aromatic heterocycles. The largest absolute Gasteiger partial charge is 0.380 e. The van der Waals surface area contributed by atoms with E-state index in [4.69, 9.17) is 4.74 Å². The number of benzene rings is 2. The summed E-state index contributed by atoms with van der Waals surface area (Å²) in [7, 11) is 1.55. The maximum Gasteiger partial charge on any atom is 0.195 e. The quantitative estimate of drug-likeness (QED) is 0.713. The number of aryl methyl sites for hydroxylation is 1. The summed E-state index contributed by atoms with van der Waals surface area (Å²) in [5, 5.41) is 0.338. The third-order valence-corrected chi connectivity index (χ3v) is 4.71. The van der Waals surface area contributed by atoms with Crippen molar-refractivity contribution < 1.29 is 9.13 Å². The Balaban J connectivity index is 2.29. The first kappa shape index (κ1) is 18.3. The number of nitrogens with one attached hydrogen (secondary N) is 1. The van der Waals surface area contributed by atoms with Gasteiger partial charge in [0.1, 0.15) is 5.82 Å². The van der Waals surface area contributed by atoms with Crippen molar-refractivity contribution in [3.63, 3.8) is 0 Å². The Morgan fingerprint density at radius 1 is 1.12 bits per heavy atom. The fourth-order valence-corrected chi connectivity index (χ4v) is 3.22. The average molecular weight is 353 g/mol. The van der Waals surface area contributed by atoms with E-state index in [2.05, 4.69) is 37.9 Å². The number of pyridine rings is 1. The lowest BCUT2D eigenvalue weighted by molar-refractivity contribution is 0.184. The molecule has 2 aromatic carbocycles. The van der Waals surface area contributed by atoms with Gasteiger partial charge in [-0.2, -0.15) is 0 Å². The van der Waals surface area contributed by atoms with Crippen molar-refractivity contribution in [2.24, 2.45) is 0 Å². The monoisotopic (exact) mass is 353 g/mol. The molecule has 0 saturated carbocycles. The molecule has 0 spiro atoms. The number of aromatic amines is 1. The van der Waals surface area contributed by atoms with Crippen LogP contribution in [0, 0.1) is 12.7 Å². The van der Waals surface area contributed by atoms with Crippen LogP contribution < -0.4 is 5.43 Å². The Kier molecular flexibility index (Phi) is 4.72. The predicted molar refractivity (Wildman–Crippen MR) is 104 cm³/mol. The minimum atomic E-state index is -0.426. The van der Waals surface area contributed by atoms with Gasteiger partial charge in [-0.15, -0.1) is 0 Å². The molecule has 0 amide bonds. The molecule has 1 N–H and O–H groups in total. The van der Waals surface area contributed by atoms with Crippen LogP contribution in [0.2, 0.25) is 0 Å². The number of ether oxygens (including phenoxy) is 1. The standard InChI is InChI=1S/C22H24FNO2/c1-13-10-14(22(2,3)4)6-8-16(13)20-18(12-26-5)21(25)17-11-15(23)7-9-19(17)24-20/h6-11H,12H2,1-5H3,(H,24,25). The third kappa shape index (κ3) is 3.29. The normalized spacial score (nSPS) is 11.9. The number of rotatable bonds is 3. The molecule has 1 heterocycles. The highest BCUT2D eigenvalue weighted by Gasteiger charge is 2.18. The van der Waals surface area contributed by atoms with E-state index < -0.39 is 5.82 Å². The molecule has 0 atom stereocenters. The van der Waals surface area contributed by atoms with Crippen LogP contribution in [-0.4, -0.2) is 12.1 Å². The predicted octanol–water partition coefficient (Wildman–Crippen LogP) is 5.09. The Morgan fingerprint density at radius 2 is 1.85 bits per heavy atom. The second kappa shape index (κ2) is 6.69. The van der Waals surface area contributed by atoms with Gasteiger partial charge in [0.05, 0.1) is 12.3 Å². The molecule has 0 saturated heterocycles. The number of methoxy groups -OCH3 is 1. The summed E-state index contributed by atoms with van der Waals surface area (Å²) in [5.41, 5.74) is 4.97. The molecule has 0 radical (unpaired) electrons.